The van der Waals surface area contributed by atoms with E-state index in [1.807, 2.05) is 12.1 Å². The molecule has 0 aliphatic heterocycles. The second kappa shape index (κ2) is 6.57. The molecule has 0 atom stereocenters. The van der Waals surface area contributed by atoms with Gasteiger partial charge in [-0.25, -0.2) is 4.68 Å². The molecule has 4 heteroatoms. The number of anilines is 1. The average Bonchev–Trinajstić information content (AvgIpc) is 2.79. The lowest BCUT2D eigenvalue weighted by atomic mass is 10.0. The number of rotatable bonds is 6. The number of aldehydes is 1. The highest BCUT2D eigenvalue weighted by Crippen LogP contribution is 2.27. The molecule has 2 aromatic rings. The van der Waals surface area contributed by atoms with Crippen molar-refractivity contribution in [2.75, 3.05) is 5.73 Å². The van der Waals surface area contributed by atoms with Gasteiger partial charge in [-0.15, -0.1) is 0 Å². The first-order valence-corrected chi connectivity index (χ1v) is 7.47. The molecule has 0 spiro atoms. The Hall–Kier alpha value is -2.10. The van der Waals surface area contributed by atoms with Crippen LogP contribution in [-0.2, 0) is 6.54 Å². The smallest absolute Gasteiger partial charge is 0.156 e. The van der Waals surface area contributed by atoms with E-state index in [9.17, 15) is 4.79 Å². The van der Waals surface area contributed by atoms with Crippen LogP contribution in [0.15, 0.2) is 18.2 Å². The maximum absolute atomic E-state index is 11.4. The third-order valence-electron chi connectivity index (χ3n) is 3.90. The minimum Gasteiger partial charge on any atom is -0.383 e. The first-order valence-electron chi connectivity index (χ1n) is 7.47. The summed E-state index contributed by atoms with van der Waals surface area (Å²) in [6, 6.07) is 6.10. The Morgan fingerprint density at radius 3 is 2.62 bits per heavy atom. The van der Waals surface area contributed by atoms with Crippen molar-refractivity contribution in [1.82, 2.24) is 9.78 Å². The van der Waals surface area contributed by atoms with Crippen molar-refractivity contribution in [1.29, 1.82) is 0 Å². The zero-order valence-corrected chi connectivity index (χ0v) is 13.0. The Bertz CT molecular complexity index is 644. The third-order valence-corrected chi connectivity index (χ3v) is 3.90. The van der Waals surface area contributed by atoms with Gasteiger partial charge >= 0.3 is 0 Å². The number of hydrogen-bond donors (Lipinski definition) is 1. The number of aryl methyl sites for hydroxylation is 3. The van der Waals surface area contributed by atoms with Crippen LogP contribution in [0.5, 0.6) is 0 Å². The fourth-order valence-electron chi connectivity index (χ4n) is 2.39. The lowest BCUT2D eigenvalue weighted by molar-refractivity contribution is 0.112. The van der Waals surface area contributed by atoms with Crippen LogP contribution in [0.4, 0.5) is 5.82 Å². The molecule has 0 saturated carbocycles. The van der Waals surface area contributed by atoms with E-state index in [0.717, 1.165) is 37.7 Å². The number of nitrogens with two attached hydrogens (primary N) is 1. The molecule has 4 nitrogen and oxygen atoms in total. The van der Waals surface area contributed by atoms with Crippen molar-refractivity contribution >= 4 is 12.1 Å². The molecule has 21 heavy (non-hydrogen) atoms. The Morgan fingerprint density at radius 1 is 1.24 bits per heavy atom. The topological polar surface area (TPSA) is 60.9 Å². The number of aromatic nitrogens is 2. The largest absolute Gasteiger partial charge is 0.383 e. The lowest BCUT2D eigenvalue weighted by Gasteiger charge is -2.03. The fourth-order valence-corrected chi connectivity index (χ4v) is 2.39. The van der Waals surface area contributed by atoms with Crippen molar-refractivity contribution in [3.63, 3.8) is 0 Å². The van der Waals surface area contributed by atoms with Crippen LogP contribution in [0.1, 0.15) is 47.7 Å². The Labute approximate surface area is 126 Å². The van der Waals surface area contributed by atoms with Crippen LogP contribution in [0.25, 0.3) is 11.3 Å². The van der Waals surface area contributed by atoms with Crippen LogP contribution in [0.2, 0.25) is 0 Å². The molecular weight excluding hydrogens is 262 g/mol. The summed E-state index contributed by atoms with van der Waals surface area (Å²) in [6.07, 6.45) is 4.11. The highest BCUT2D eigenvalue weighted by Gasteiger charge is 2.16. The van der Waals surface area contributed by atoms with Gasteiger partial charge in [-0.2, -0.15) is 5.10 Å². The van der Waals surface area contributed by atoms with Crippen LogP contribution in [0, 0.1) is 13.8 Å². The molecule has 0 bridgehead atoms. The summed E-state index contributed by atoms with van der Waals surface area (Å²) in [7, 11) is 0. The minimum absolute atomic E-state index is 0.467. The standard InChI is InChI=1S/C17H23N3O/c1-4-5-6-9-20-17(18)15(11-21)16(19-20)14-8-7-12(2)13(3)10-14/h7-8,10-11H,4-6,9,18H2,1-3H3. The van der Waals surface area contributed by atoms with E-state index >= 15 is 0 Å². The van der Waals surface area contributed by atoms with E-state index in [2.05, 4.69) is 31.9 Å². The molecule has 112 valence electrons. The number of hydrogen-bond acceptors (Lipinski definition) is 3. The highest BCUT2D eigenvalue weighted by molar-refractivity contribution is 5.91. The molecule has 2 N–H and O–H groups in total. The van der Waals surface area contributed by atoms with Gasteiger partial charge in [0.15, 0.2) is 6.29 Å². The number of unbranched alkanes of at least 4 members (excludes halogenated alkanes) is 2. The van der Waals surface area contributed by atoms with Gasteiger partial charge in [0, 0.05) is 12.1 Å². The summed E-state index contributed by atoms with van der Waals surface area (Å²) in [4.78, 5) is 11.4. The van der Waals surface area contributed by atoms with Gasteiger partial charge in [-0.05, 0) is 37.5 Å². The van der Waals surface area contributed by atoms with Gasteiger partial charge in [-0.1, -0.05) is 31.9 Å². The summed E-state index contributed by atoms with van der Waals surface area (Å²) in [5, 5.41) is 4.55. The predicted molar refractivity (Wildman–Crippen MR) is 86.5 cm³/mol. The summed E-state index contributed by atoms with van der Waals surface area (Å²) in [5.41, 5.74) is 10.6. The molecule has 2 rings (SSSR count). The molecule has 0 aliphatic carbocycles. The average molecular weight is 285 g/mol. The first kappa shape index (κ1) is 15.3. The van der Waals surface area contributed by atoms with E-state index in [1.54, 1.807) is 4.68 Å². The zero-order chi connectivity index (χ0) is 15.4. The van der Waals surface area contributed by atoms with Crippen LogP contribution >= 0.6 is 0 Å². The van der Waals surface area contributed by atoms with E-state index in [-0.39, 0.29) is 0 Å². The van der Waals surface area contributed by atoms with Crippen molar-refractivity contribution in [2.45, 2.75) is 46.6 Å². The van der Waals surface area contributed by atoms with E-state index in [4.69, 9.17) is 5.73 Å². The molecule has 0 fully saturated rings. The van der Waals surface area contributed by atoms with E-state index < -0.39 is 0 Å². The van der Waals surface area contributed by atoms with Gasteiger partial charge in [0.1, 0.15) is 11.5 Å². The maximum atomic E-state index is 11.4. The normalized spacial score (nSPS) is 10.8. The molecule has 0 amide bonds. The SMILES string of the molecule is CCCCCn1nc(-c2ccc(C)c(C)c2)c(C=O)c1N. The number of benzene rings is 1. The second-order valence-corrected chi connectivity index (χ2v) is 5.49. The van der Waals surface area contributed by atoms with Gasteiger partial charge in [-0.3, -0.25) is 4.79 Å². The summed E-state index contributed by atoms with van der Waals surface area (Å²) < 4.78 is 1.75. The number of carbonyl (C=O) groups excluding carboxylic acids is 1. The molecule has 1 heterocycles. The van der Waals surface area contributed by atoms with Crippen LogP contribution in [-0.4, -0.2) is 16.1 Å². The Kier molecular flexibility index (Phi) is 4.78. The van der Waals surface area contributed by atoms with Crippen LogP contribution in [0.3, 0.4) is 0 Å². The summed E-state index contributed by atoms with van der Waals surface area (Å²) >= 11 is 0. The van der Waals surface area contributed by atoms with Crippen molar-refractivity contribution in [3.8, 4) is 11.3 Å². The fraction of sp³-hybridized carbons (Fsp3) is 0.412. The van der Waals surface area contributed by atoms with Crippen molar-refractivity contribution in [3.05, 3.63) is 34.9 Å². The molecule has 1 aromatic carbocycles. The lowest BCUT2D eigenvalue weighted by Crippen LogP contribution is -2.05. The van der Waals surface area contributed by atoms with Crippen LogP contribution < -0.4 is 5.73 Å². The molecular formula is C17H23N3O. The minimum atomic E-state index is 0.467. The van der Waals surface area contributed by atoms with Gasteiger partial charge in [0.05, 0.1) is 5.56 Å². The molecule has 1 aromatic heterocycles. The Balaban J connectivity index is 2.40. The highest BCUT2D eigenvalue weighted by atomic mass is 16.1. The van der Waals surface area contributed by atoms with Crippen molar-refractivity contribution < 1.29 is 4.79 Å². The number of carbonyl (C=O) groups is 1. The second-order valence-electron chi connectivity index (χ2n) is 5.49. The molecule has 0 aliphatic rings. The number of nitrogen functional groups attached to an aromatic ring is 1. The maximum Gasteiger partial charge on any atom is 0.156 e. The third kappa shape index (κ3) is 3.15. The molecule has 0 radical (unpaired) electrons. The van der Waals surface area contributed by atoms with Gasteiger partial charge in [0.2, 0.25) is 0 Å². The quantitative estimate of drug-likeness (QED) is 0.649. The Morgan fingerprint density at radius 2 is 2.00 bits per heavy atom. The first-order chi connectivity index (χ1) is 10.1. The van der Waals surface area contributed by atoms with Gasteiger partial charge < -0.3 is 5.73 Å². The summed E-state index contributed by atoms with van der Waals surface area (Å²) in [5.74, 6) is 0.467. The summed E-state index contributed by atoms with van der Waals surface area (Å²) in [6.45, 7) is 7.04. The molecule has 0 unspecified atom stereocenters. The number of nitrogens with zero attached hydrogens (tertiary/aromatic N) is 2. The van der Waals surface area contributed by atoms with Crippen molar-refractivity contribution in [2.24, 2.45) is 0 Å². The monoisotopic (exact) mass is 285 g/mol. The van der Waals surface area contributed by atoms with Gasteiger partial charge in [0.25, 0.3) is 0 Å². The van der Waals surface area contributed by atoms with E-state index in [1.165, 1.54) is 11.1 Å². The molecule has 0 saturated heterocycles. The predicted octanol–water partition coefficient (Wildman–Crippen LogP) is 3.75. The zero-order valence-electron chi connectivity index (χ0n) is 13.0. The van der Waals surface area contributed by atoms with E-state index in [0.29, 0.717) is 17.1 Å².